The molecule has 0 aromatic heterocycles. The van der Waals surface area contributed by atoms with Crippen molar-refractivity contribution in [1.29, 1.82) is 0 Å². The minimum Gasteiger partial charge on any atom is -0.339 e. The molecular formula is C16H18BrFN2. The van der Waals surface area contributed by atoms with Gasteiger partial charge in [-0.3, -0.25) is 0 Å². The Morgan fingerprint density at radius 1 is 1.15 bits per heavy atom. The predicted octanol–water partition coefficient (Wildman–Crippen LogP) is 4.47. The van der Waals surface area contributed by atoms with Gasteiger partial charge in [0.05, 0.1) is 5.69 Å². The normalized spacial score (nSPS) is 10.6. The van der Waals surface area contributed by atoms with Gasteiger partial charge in [-0.1, -0.05) is 34.1 Å². The van der Waals surface area contributed by atoms with Crippen molar-refractivity contribution in [2.45, 2.75) is 13.5 Å². The van der Waals surface area contributed by atoms with Crippen LogP contribution >= 0.6 is 15.9 Å². The van der Waals surface area contributed by atoms with E-state index in [1.54, 1.807) is 6.07 Å². The number of anilines is 2. The van der Waals surface area contributed by atoms with E-state index in [2.05, 4.69) is 27.3 Å². The van der Waals surface area contributed by atoms with Crippen LogP contribution in [0.2, 0.25) is 0 Å². The number of para-hydroxylation sites is 1. The highest BCUT2D eigenvalue weighted by molar-refractivity contribution is 9.10. The SMILES string of the molecule is CCN(c1ccccc1F)c1cc(Br)ccc1CNC. The molecule has 0 amide bonds. The Balaban J connectivity index is 2.51. The van der Waals surface area contributed by atoms with Gasteiger partial charge in [-0.15, -0.1) is 0 Å². The number of rotatable bonds is 5. The molecule has 0 unspecified atom stereocenters. The zero-order chi connectivity index (χ0) is 14.5. The molecule has 0 atom stereocenters. The summed E-state index contributed by atoms with van der Waals surface area (Å²) in [4.78, 5) is 1.99. The Morgan fingerprint density at radius 3 is 2.55 bits per heavy atom. The van der Waals surface area contributed by atoms with Crippen LogP contribution in [-0.4, -0.2) is 13.6 Å². The minimum atomic E-state index is -0.204. The van der Waals surface area contributed by atoms with E-state index in [0.717, 1.165) is 22.3 Å². The molecule has 0 saturated heterocycles. The number of benzene rings is 2. The van der Waals surface area contributed by atoms with Gasteiger partial charge in [-0.25, -0.2) is 4.39 Å². The van der Waals surface area contributed by atoms with Crippen LogP contribution in [0.25, 0.3) is 0 Å². The van der Waals surface area contributed by atoms with Crippen LogP contribution in [0.15, 0.2) is 46.9 Å². The molecule has 1 N–H and O–H groups in total. The summed E-state index contributed by atoms with van der Waals surface area (Å²) in [6, 6.07) is 13.0. The fourth-order valence-corrected chi connectivity index (χ4v) is 2.62. The summed E-state index contributed by atoms with van der Waals surface area (Å²) < 4.78 is 15.0. The predicted molar refractivity (Wildman–Crippen MR) is 86.0 cm³/mol. The second kappa shape index (κ2) is 6.86. The smallest absolute Gasteiger partial charge is 0.146 e. The maximum atomic E-state index is 14.1. The Bertz CT molecular complexity index is 586. The topological polar surface area (TPSA) is 15.3 Å². The first kappa shape index (κ1) is 15.0. The molecular weight excluding hydrogens is 319 g/mol. The van der Waals surface area contributed by atoms with Crippen molar-refractivity contribution in [1.82, 2.24) is 5.32 Å². The summed E-state index contributed by atoms with van der Waals surface area (Å²) in [5, 5.41) is 3.15. The van der Waals surface area contributed by atoms with E-state index < -0.39 is 0 Å². The van der Waals surface area contributed by atoms with Gasteiger partial charge in [-0.05, 0) is 43.8 Å². The third-order valence-electron chi connectivity index (χ3n) is 3.16. The van der Waals surface area contributed by atoms with Crippen molar-refractivity contribution in [3.63, 3.8) is 0 Å². The van der Waals surface area contributed by atoms with Crippen LogP contribution in [0, 0.1) is 5.82 Å². The van der Waals surface area contributed by atoms with Crippen LogP contribution < -0.4 is 10.2 Å². The van der Waals surface area contributed by atoms with Crippen LogP contribution in [-0.2, 0) is 6.54 Å². The van der Waals surface area contributed by atoms with Crippen molar-refractivity contribution in [3.05, 3.63) is 58.3 Å². The van der Waals surface area contributed by atoms with E-state index in [0.29, 0.717) is 12.2 Å². The second-order valence-corrected chi connectivity index (χ2v) is 5.41. The van der Waals surface area contributed by atoms with Crippen molar-refractivity contribution < 1.29 is 4.39 Å². The molecule has 0 aliphatic heterocycles. The van der Waals surface area contributed by atoms with Gasteiger partial charge in [0.2, 0.25) is 0 Å². The number of nitrogens with one attached hydrogen (secondary N) is 1. The molecule has 0 aliphatic rings. The molecule has 20 heavy (non-hydrogen) atoms. The summed E-state index contributed by atoms with van der Waals surface area (Å²) in [6.45, 7) is 3.47. The van der Waals surface area contributed by atoms with Gasteiger partial charge in [-0.2, -0.15) is 0 Å². The highest BCUT2D eigenvalue weighted by atomic mass is 79.9. The second-order valence-electron chi connectivity index (χ2n) is 4.50. The molecule has 0 bridgehead atoms. The third kappa shape index (κ3) is 3.19. The monoisotopic (exact) mass is 336 g/mol. The molecule has 0 spiro atoms. The van der Waals surface area contributed by atoms with E-state index in [9.17, 15) is 4.39 Å². The van der Waals surface area contributed by atoms with E-state index in [1.165, 1.54) is 6.07 Å². The Hall–Kier alpha value is -1.39. The molecule has 0 aliphatic carbocycles. The van der Waals surface area contributed by atoms with E-state index in [-0.39, 0.29) is 5.82 Å². The van der Waals surface area contributed by atoms with Gasteiger partial charge in [0.25, 0.3) is 0 Å². The molecule has 4 heteroatoms. The van der Waals surface area contributed by atoms with Crippen LogP contribution in [0.4, 0.5) is 15.8 Å². The van der Waals surface area contributed by atoms with Gasteiger partial charge in [0, 0.05) is 23.2 Å². The number of hydrogen-bond donors (Lipinski definition) is 1. The first-order chi connectivity index (χ1) is 9.67. The van der Waals surface area contributed by atoms with Crippen molar-refractivity contribution in [2.24, 2.45) is 0 Å². The van der Waals surface area contributed by atoms with Gasteiger partial charge in [0.1, 0.15) is 5.82 Å². The largest absolute Gasteiger partial charge is 0.339 e. The third-order valence-corrected chi connectivity index (χ3v) is 3.66. The zero-order valence-corrected chi connectivity index (χ0v) is 13.2. The van der Waals surface area contributed by atoms with E-state index >= 15 is 0 Å². The van der Waals surface area contributed by atoms with Gasteiger partial charge < -0.3 is 10.2 Å². The van der Waals surface area contributed by atoms with Crippen LogP contribution in [0.1, 0.15) is 12.5 Å². The lowest BCUT2D eigenvalue weighted by atomic mass is 10.1. The molecule has 2 nitrogen and oxygen atoms in total. The average molecular weight is 337 g/mol. The van der Waals surface area contributed by atoms with Crippen LogP contribution in [0.5, 0.6) is 0 Å². The minimum absolute atomic E-state index is 0.204. The fourth-order valence-electron chi connectivity index (χ4n) is 2.27. The first-order valence-corrected chi connectivity index (χ1v) is 7.41. The Morgan fingerprint density at radius 2 is 1.90 bits per heavy atom. The van der Waals surface area contributed by atoms with Crippen molar-refractivity contribution >= 4 is 27.3 Å². The quantitative estimate of drug-likeness (QED) is 0.866. The Kier molecular flexibility index (Phi) is 5.15. The lowest BCUT2D eigenvalue weighted by Crippen LogP contribution is -2.20. The molecule has 106 valence electrons. The van der Waals surface area contributed by atoms with Crippen molar-refractivity contribution in [3.8, 4) is 0 Å². The lowest BCUT2D eigenvalue weighted by Gasteiger charge is -2.26. The van der Waals surface area contributed by atoms with Crippen molar-refractivity contribution in [2.75, 3.05) is 18.5 Å². The first-order valence-electron chi connectivity index (χ1n) is 6.62. The summed E-state index contributed by atoms with van der Waals surface area (Å²) in [6.07, 6.45) is 0. The zero-order valence-electron chi connectivity index (χ0n) is 11.7. The fraction of sp³-hybridized carbons (Fsp3) is 0.250. The summed E-state index contributed by atoms with van der Waals surface area (Å²) in [7, 11) is 1.91. The van der Waals surface area contributed by atoms with E-state index in [1.807, 2.05) is 43.1 Å². The van der Waals surface area contributed by atoms with Crippen LogP contribution in [0.3, 0.4) is 0 Å². The van der Waals surface area contributed by atoms with Gasteiger partial charge >= 0.3 is 0 Å². The summed E-state index contributed by atoms with van der Waals surface area (Å²) >= 11 is 3.50. The molecule has 2 rings (SSSR count). The van der Waals surface area contributed by atoms with E-state index in [4.69, 9.17) is 0 Å². The maximum absolute atomic E-state index is 14.1. The van der Waals surface area contributed by atoms with Gasteiger partial charge in [0.15, 0.2) is 0 Å². The Labute approximate surface area is 127 Å². The molecule has 0 heterocycles. The molecule has 0 fully saturated rings. The lowest BCUT2D eigenvalue weighted by molar-refractivity contribution is 0.625. The molecule has 2 aromatic rings. The number of nitrogens with zero attached hydrogens (tertiary/aromatic N) is 1. The molecule has 0 radical (unpaired) electrons. The summed E-state index contributed by atoms with van der Waals surface area (Å²) in [5.74, 6) is -0.204. The standard InChI is InChI=1S/C16H18BrFN2/c1-3-20(15-7-5-4-6-14(15)18)16-10-13(17)9-8-12(16)11-19-2/h4-10,19H,3,11H2,1-2H3. The average Bonchev–Trinajstić information content (AvgIpc) is 2.44. The number of hydrogen-bond acceptors (Lipinski definition) is 2. The number of halogens is 2. The summed E-state index contributed by atoms with van der Waals surface area (Å²) in [5.41, 5.74) is 2.76. The highest BCUT2D eigenvalue weighted by Gasteiger charge is 2.15. The maximum Gasteiger partial charge on any atom is 0.146 e. The highest BCUT2D eigenvalue weighted by Crippen LogP contribution is 2.32. The molecule has 2 aromatic carbocycles. The molecule has 0 saturated carbocycles.